The van der Waals surface area contributed by atoms with Gasteiger partial charge < -0.3 is 14.2 Å². The fraction of sp³-hybridized carbons (Fsp3) is 0.500. The molecule has 0 spiro atoms. The Morgan fingerprint density at radius 3 is 2.25 bits per heavy atom. The van der Waals surface area contributed by atoms with Crippen molar-refractivity contribution in [2.24, 2.45) is 5.92 Å². The van der Waals surface area contributed by atoms with Crippen molar-refractivity contribution in [2.75, 3.05) is 20.3 Å². The molecule has 0 unspecified atom stereocenters. The number of carbonyl (C=O) groups is 2. The van der Waals surface area contributed by atoms with Crippen molar-refractivity contribution in [1.29, 1.82) is 0 Å². The van der Waals surface area contributed by atoms with Crippen LogP contribution in [0.25, 0.3) is 0 Å². The molecule has 10 heteroatoms. The smallest absolute Gasteiger partial charge is 0.292 e. The van der Waals surface area contributed by atoms with Crippen molar-refractivity contribution in [3.05, 3.63) is 51.5 Å². The molecule has 1 aromatic heterocycles. The number of likely N-dealkylation sites (N-methyl/N-ethyl adjacent to an activating group) is 1. The van der Waals surface area contributed by atoms with Crippen LogP contribution >= 0.6 is 0 Å². The van der Waals surface area contributed by atoms with Gasteiger partial charge in [-0.05, 0) is 36.5 Å². The lowest BCUT2D eigenvalue weighted by atomic mass is 9.86. The number of benzene rings is 1. The van der Waals surface area contributed by atoms with Crippen molar-refractivity contribution in [3.8, 4) is 0 Å². The SMILES string of the molecule is CN(C(=O)c1cc(=O)[nH]o1)[C@@H](C(=O)Cc1cc(F)c([Si](C)(C)C)c(F)c1)C1CCOCC1. The van der Waals surface area contributed by atoms with Gasteiger partial charge in [0.1, 0.15) is 11.6 Å². The Morgan fingerprint density at radius 1 is 1.16 bits per heavy atom. The number of halogens is 2. The van der Waals surface area contributed by atoms with Crippen molar-refractivity contribution in [3.63, 3.8) is 0 Å². The van der Waals surface area contributed by atoms with E-state index in [9.17, 15) is 23.2 Å². The molecule has 1 fully saturated rings. The minimum absolute atomic E-state index is 0.101. The Labute approximate surface area is 185 Å². The highest BCUT2D eigenvalue weighted by Gasteiger charge is 2.37. The number of carbonyl (C=O) groups excluding carboxylic acids is 2. The normalized spacial score (nSPS) is 16.1. The number of nitrogens with one attached hydrogen (secondary N) is 1. The number of hydrogen-bond donors (Lipinski definition) is 1. The standard InChI is InChI=1S/C22H28F2N2O5Si/c1-26(22(29)18-12-19(28)25-31-18)20(14-5-7-30-8-6-14)17(27)11-13-9-15(23)21(16(24)10-13)32(2,3)4/h9-10,12,14,20H,5-8,11H2,1-4H3,(H,25,28)/t20-/m1/s1. The molecule has 1 saturated heterocycles. The van der Waals surface area contributed by atoms with Gasteiger partial charge in [0.05, 0.1) is 20.2 Å². The maximum absolute atomic E-state index is 14.7. The van der Waals surface area contributed by atoms with Gasteiger partial charge in [0.25, 0.3) is 11.5 Å². The highest BCUT2D eigenvalue weighted by molar-refractivity contribution is 6.88. The van der Waals surface area contributed by atoms with Crippen LogP contribution in [0.4, 0.5) is 8.78 Å². The molecule has 0 saturated carbocycles. The number of hydrogen-bond acceptors (Lipinski definition) is 5. The van der Waals surface area contributed by atoms with Gasteiger partial charge in [-0.3, -0.25) is 14.4 Å². The molecule has 0 aliphatic carbocycles. The van der Waals surface area contributed by atoms with Gasteiger partial charge in [-0.15, -0.1) is 0 Å². The first kappa shape index (κ1) is 24.1. The van der Waals surface area contributed by atoms with E-state index in [4.69, 9.17) is 9.26 Å². The molecule has 2 aromatic rings. The summed E-state index contributed by atoms with van der Waals surface area (Å²) in [5, 5.41) is 2.16. The maximum Gasteiger partial charge on any atom is 0.292 e. The lowest BCUT2D eigenvalue weighted by Gasteiger charge is -2.35. The topological polar surface area (TPSA) is 92.6 Å². The Bertz CT molecular complexity index is 1030. The predicted octanol–water partition coefficient (Wildman–Crippen LogP) is 2.47. The number of ether oxygens (including phenoxy) is 1. The minimum Gasteiger partial charge on any atom is -0.381 e. The van der Waals surface area contributed by atoms with Gasteiger partial charge in [0.15, 0.2) is 5.78 Å². The third kappa shape index (κ3) is 5.24. The van der Waals surface area contributed by atoms with E-state index < -0.39 is 37.2 Å². The van der Waals surface area contributed by atoms with E-state index in [1.54, 1.807) is 0 Å². The number of Topliss-reactive ketones (excluding diaryl/α,β-unsaturated/α-hetero) is 1. The van der Waals surface area contributed by atoms with Gasteiger partial charge in [0, 0.05) is 31.9 Å². The molecular formula is C22H28F2N2O5Si. The van der Waals surface area contributed by atoms with Crippen molar-refractivity contribution >= 4 is 25.0 Å². The van der Waals surface area contributed by atoms with Gasteiger partial charge in [-0.2, -0.15) is 5.16 Å². The van der Waals surface area contributed by atoms with Crippen molar-refractivity contribution in [1.82, 2.24) is 10.1 Å². The Morgan fingerprint density at radius 2 is 1.75 bits per heavy atom. The number of H-pyrrole nitrogens is 1. The second kappa shape index (κ2) is 9.49. The third-order valence-corrected chi connectivity index (χ3v) is 7.72. The molecule has 7 nitrogen and oxygen atoms in total. The Balaban J connectivity index is 1.89. The molecule has 1 aromatic carbocycles. The second-order valence-electron chi connectivity index (χ2n) is 9.22. The first-order valence-corrected chi connectivity index (χ1v) is 14.0. The number of aromatic nitrogens is 1. The fourth-order valence-electron chi connectivity index (χ4n) is 4.27. The number of amides is 1. The number of rotatable bonds is 7. The zero-order chi connectivity index (χ0) is 23.6. The van der Waals surface area contributed by atoms with E-state index in [1.165, 1.54) is 24.1 Å². The zero-order valence-corrected chi connectivity index (χ0v) is 19.7. The molecule has 1 aliphatic heterocycles. The fourth-order valence-corrected chi connectivity index (χ4v) is 5.84. The quantitative estimate of drug-likeness (QED) is 0.633. The highest BCUT2D eigenvalue weighted by Crippen LogP contribution is 2.25. The van der Waals surface area contributed by atoms with Gasteiger partial charge in [-0.25, -0.2) is 8.78 Å². The lowest BCUT2D eigenvalue weighted by molar-refractivity contribution is -0.125. The lowest BCUT2D eigenvalue weighted by Crippen LogP contribution is -2.49. The third-order valence-electron chi connectivity index (χ3n) is 5.74. The predicted molar refractivity (Wildman–Crippen MR) is 117 cm³/mol. The number of aromatic amines is 1. The summed E-state index contributed by atoms with van der Waals surface area (Å²) in [4.78, 5) is 38.8. The summed E-state index contributed by atoms with van der Waals surface area (Å²) in [7, 11) is -0.782. The monoisotopic (exact) mass is 466 g/mol. The van der Waals surface area contributed by atoms with Crippen LogP contribution in [0.15, 0.2) is 27.5 Å². The van der Waals surface area contributed by atoms with Gasteiger partial charge >= 0.3 is 0 Å². The largest absolute Gasteiger partial charge is 0.381 e. The molecule has 1 aliphatic rings. The zero-order valence-electron chi connectivity index (χ0n) is 18.7. The summed E-state index contributed by atoms with van der Waals surface area (Å²) in [6.45, 7) is 6.44. The van der Waals surface area contributed by atoms with Crippen LogP contribution < -0.4 is 10.7 Å². The van der Waals surface area contributed by atoms with Crippen molar-refractivity contribution < 1.29 is 27.6 Å². The highest BCUT2D eigenvalue weighted by atomic mass is 28.3. The van der Waals surface area contributed by atoms with E-state index in [-0.39, 0.29) is 34.6 Å². The van der Waals surface area contributed by atoms with Crippen LogP contribution in [0, 0.1) is 17.6 Å². The van der Waals surface area contributed by atoms with Crippen molar-refractivity contribution in [2.45, 2.75) is 44.9 Å². The molecule has 0 radical (unpaired) electrons. The minimum atomic E-state index is -2.24. The van der Waals surface area contributed by atoms with E-state index >= 15 is 0 Å². The van der Waals surface area contributed by atoms with E-state index in [0.717, 1.165) is 6.07 Å². The van der Waals surface area contributed by atoms with Crippen LogP contribution in [-0.2, 0) is 16.0 Å². The van der Waals surface area contributed by atoms with Crippen LogP contribution in [0.3, 0.4) is 0 Å². The summed E-state index contributed by atoms with van der Waals surface area (Å²) in [6, 6.07) is 2.59. The average molecular weight is 467 g/mol. The van der Waals surface area contributed by atoms with E-state index in [0.29, 0.717) is 26.1 Å². The number of ketones is 1. The molecular weight excluding hydrogens is 438 g/mol. The molecule has 2 heterocycles. The van der Waals surface area contributed by atoms with Crippen LogP contribution in [0.1, 0.15) is 29.0 Å². The van der Waals surface area contributed by atoms with Crippen LogP contribution in [0.2, 0.25) is 19.6 Å². The summed E-state index contributed by atoms with van der Waals surface area (Å²) in [5.74, 6) is -2.66. The summed E-state index contributed by atoms with van der Waals surface area (Å²) in [5.41, 5.74) is -0.345. The molecule has 32 heavy (non-hydrogen) atoms. The van der Waals surface area contributed by atoms with Crippen LogP contribution in [0.5, 0.6) is 0 Å². The summed E-state index contributed by atoms with van der Waals surface area (Å²) < 4.78 is 39.6. The second-order valence-corrected chi connectivity index (χ2v) is 14.2. The van der Waals surface area contributed by atoms with E-state index in [1.807, 2.05) is 19.6 Å². The molecule has 0 bridgehead atoms. The Kier molecular flexibility index (Phi) is 7.14. The van der Waals surface area contributed by atoms with Gasteiger partial charge in [-0.1, -0.05) is 19.6 Å². The average Bonchev–Trinajstić information content (AvgIpc) is 3.13. The molecule has 1 amide bonds. The molecule has 174 valence electrons. The first-order chi connectivity index (χ1) is 15.0. The summed E-state index contributed by atoms with van der Waals surface area (Å²) in [6.07, 6.45) is 0.890. The van der Waals surface area contributed by atoms with E-state index in [2.05, 4.69) is 5.16 Å². The molecule has 3 rings (SSSR count). The molecule has 1 atom stereocenters. The first-order valence-electron chi connectivity index (χ1n) is 10.5. The molecule has 1 N–H and O–H groups in total. The maximum atomic E-state index is 14.7. The Hall–Kier alpha value is -2.59. The number of nitrogens with zero attached hydrogens (tertiary/aromatic N) is 1. The van der Waals surface area contributed by atoms with Crippen LogP contribution in [-0.4, -0.2) is 56.1 Å². The summed E-state index contributed by atoms with van der Waals surface area (Å²) >= 11 is 0. The van der Waals surface area contributed by atoms with Gasteiger partial charge in [0.2, 0.25) is 5.76 Å².